The molecule has 0 amide bonds. The van der Waals surface area contributed by atoms with Gasteiger partial charge in [-0.15, -0.1) is 0 Å². The van der Waals surface area contributed by atoms with Gasteiger partial charge in [0.05, 0.1) is 11.2 Å². The van der Waals surface area contributed by atoms with Gasteiger partial charge in [0, 0.05) is 18.2 Å². The molecule has 1 aromatic rings. The van der Waals surface area contributed by atoms with E-state index in [9.17, 15) is 18.5 Å². The first-order valence-electron chi connectivity index (χ1n) is 5.64. The molecule has 0 atom stereocenters. The quantitative estimate of drug-likeness (QED) is 0.507. The molecule has 4 N–H and O–H groups in total. The molecule has 0 aliphatic carbocycles. The molecular weight excluding hydrogens is 286 g/mol. The van der Waals surface area contributed by atoms with E-state index in [0.29, 0.717) is 0 Å². The largest absolute Gasteiger partial charge is 0.384 e. The molecule has 0 unspecified atom stereocenters. The average Bonchev–Trinajstić information content (AvgIpc) is 2.22. The predicted octanol–water partition coefficient (Wildman–Crippen LogP) is 0.312. The summed E-state index contributed by atoms with van der Waals surface area (Å²) in [4.78, 5) is 14.1. The van der Waals surface area contributed by atoms with Crippen LogP contribution in [0.2, 0.25) is 0 Å². The molecule has 0 aliphatic rings. The first-order valence-corrected chi connectivity index (χ1v) is 7.53. The number of pyridine rings is 1. The highest BCUT2D eigenvalue weighted by atomic mass is 32.2. The van der Waals surface area contributed by atoms with Crippen molar-refractivity contribution in [3.63, 3.8) is 0 Å². The van der Waals surface area contributed by atoms with Crippen molar-refractivity contribution in [1.29, 1.82) is 0 Å². The lowest BCUT2D eigenvalue weighted by molar-refractivity contribution is -0.384. The second-order valence-electron chi connectivity index (χ2n) is 4.97. The van der Waals surface area contributed by atoms with E-state index in [0.717, 1.165) is 6.26 Å². The molecule has 9 nitrogen and oxygen atoms in total. The molecule has 0 aromatic carbocycles. The Hall–Kier alpha value is -1.94. The number of nitrogens with two attached hydrogens (primary N) is 1. The summed E-state index contributed by atoms with van der Waals surface area (Å²) in [5, 5.41) is 13.6. The van der Waals surface area contributed by atoms with Crippen LogP contribution < -0.4 is 15.8 Å². The van der Waals surface area contributed by atoms with Crippen molar-refractivity contribution in [2.45, 2.75) is 19.4 Å². The van der Waals surface area contributed by atoms with Gasteiger partial charge in [-0.3, -0.25) is 10.1 Å². The van der Waals surface area contributed by atoms with Gasteiger partial charge in [0.25, 0.3) is 0 Å². The Labute approximate surface area is 116 Å². The SMILES string of the molecule is CC(C)(CNc1nc(N)ccc1[N+](=O)[O-])NS(C)(=O)=O. The number of hydrogen-bond donors (Lipinski definition) is 3. The van der Waals surface area contributed by atoms with E-state index in [1.165, 1.54) is 12.1 Å². The summed E-state index contributed by atoms with van der Waals surface area (Å²) in [6, 6.07) is 2.56. The van der Waals surface area contributed by atoms with Crippen LogP contribution in [-0.2, 0) is 10.0 Å². The molecule has 0 saturated carbocycles. The van der Waals surface area contributed by atoms with Crippen molar-refractivity contribution in [1.82, 2.24) is 9.71 Å². The van der Waals surface area contributed by atoms with E-state index in [1.54, 1.807) is 13.8 Å². The highest BCUT2D eigenvalue weighted by Crippen LogP contribution is 2.23. The van der Waals surface area contributed by atoms with E-state index in [4.69, 9.17) is 5.73 Å². The number of sulfonamides is 1. The fourth-order valence-corrected chi connectivity index (χ4v) is 2.66. The maximum Gasteiger partial charge on any atom is 0.311 e. The summed E-state index contributed by atoms with van der Waals surface area (Å²) in [6.07, 6.45) is 1.04. The zero-order chi connectivity index (χ0) is 15.6. The second-order valence-corrected chi connectivity index (χ2v) is 6.72. The van der Waals surface area contributed by atoms with E-state index in [1.807, 2.05) is 0 Å². The maximum absolute atomic E-state index is 11.2. The van der Waals surface area contributed by atoms with Crippen LogP contribution in [-0.4, -0.2) is 36.7 Å². The highest BCUT2D eigenvalue weighted by Gasteiger charge is 2.24. The molecular formula is C10H17N5O4S. The van der Waals surface area contributed by atoms with Crippen molar-refractivity contribution < 1.29 is 13.3 Å². The van der Waals surface area contributed by atoms with Gasteiger partial charge in [-0.2, -0.15) is 0 Å². The predicted molar refractivity (Wildman–Crippen MR) is 75.9 cm³/mol. The molecule has 1 rings (SSSR count). The molecule has 0 aliphatic heterocycles. The van der Waals surface area contributed by atoms with Crippen LogP contribution >= 0.6 is 0 Å². The Morgan fingerprint density at radius 1 is 1.45 bits per heavy atom. The Bertz CT molecular complexity index is 614. The third kappa shape index (κ3) is 4.97. The Balaban J connectivity index is 2.89. The second kappa shape index (κ2) is 5.59. The van der Waals surface area contributed by atoms with E-state index >= 15 is 0 Å². The van der Waals surface area contributed by atoms with Crippen molar-refractivity contribution in [3.8, 4) is 0 Å². The fourth-order valence-electron chi connectivity index (χ4n) is 1.59. The van der Waals surface area contributed by atoms with Crippen molar-refractivity contribution >= 4 is 27.3 Å². The Morgan fingerprint density at radius 2 is 2.05 bits per heavy atom. The Morgan fingerprint density at radius 3 is 2.55 bits per heavy atom. The molecule has 0 radical (unpaired) electrons. The molecule has 112 valence electrons. The molecule has 1 aromatic heterocycles. The molecule has 10 heteroatoms. The topological polar surface area (TPSA) is 140 Å². The zero-order valence-corrected chi connectivity index (χ0v) is 12.2. The fraction of sp³-hybridized carbons (Fsp3) is 0.500. The van der Waals surface area contributed by atoms with E-state index < -0.39 is 20.5 Å². The average molecular weight is 303 g/mol. The van der Waals surface area contributed by atoms with Crippen LogP contribution in [0, 0.1) is 10.1 Å². The number of nitro groups is 1. The molecule has 20 heavy (non-hydrogen) atoms. The number of nitrogens with zero attached hydrogens (tertiary/aromatic N) is 2. The van der Waals surface area contributed by atoms with Crippen LogP contribution in [0.1, 0.15) is 13.8 Å². The van der Waals surface area contributed by atoms with Gasteiger partial charge < -0.3 is 11.1 Å². The lowest BCUT2D eigenvalue weighted by Gasteiger charge is -2.25. The van der Waals surface area contributed by atoms with Crippen LogP contribution in [0.4, 0.5) is 17.3 Å². The van der Waals surface area contributed by atoms with Gasteiger partial charge in [-0.1, -0.05) is 0 Å². The normalized spacial score (nSPS) is 12.2. The van der Waals surface area contributed by atoms with Crippen molar-refractivity contribution in [3.05, 3.63) is 22.2 Å². The summed E-state index contributed by atoms with van der Waals surface area (Å²) in [5.74, 6) is 0.130. The highest BCUT2D eigenvalue weighted by molar-refractivity contribution is 7.88. The zero-order valence-electron chi connectivity index (χ0n) is 11.4. The minimum absolute atomic E-state index is 0.00150. The van der Waals surface area contributed by atoms with Gasteiger partial charge in [0.1, 0.15) is 5.82 Å². The third-order valence-corrected chi connectivity index (χ3v) is 3.18. The molecule has 0 bridgehead atoms. The maximum atomic E-state index is 11.2. The van der Waals surface area contributed by atoms with Crippen LogP contribution in [0.25, 0.3) is 0 Å². The smallest absolute Gasteiger partial charge is 0.311 e. The van der Waals surface area contributed by atoms with Crippen molar-refractivity contribution in [2.75, 3.05) is 23.9 Å². The van der Waals surface area contributed by atoms with Crippen LogP contribution in [0.15, 0.2) is 12.1 Å². The standard InChI is InChI=1S/C10H17N5O4S/c1-10(2,14-20(3,18)19)6-12-9-7(15(16)17)4-5-8(11)13-9/h4-5,14H,6H2,1-3H3,(H3,11,12,13). The van der Waals surface area contributed by atoms with Gasteiger partial charge >= 0.3 is 5.69 Å². The number of rotatable bonds is 6. The molecule has 0 saturated heterocycles. The van der Waals surface area contributed by atoms with Gasteiger partial charge in [-0.05, 0) is 19.9 Å². The van der Waals surface area contributed by atoms with Gasteiger partial charge in [-0.25, -0.2) is 18.1 Å². The van der Waals surface area contributed by atoms with E-state index in [2.05, 4.69) is 15.0 Å². The minimum atomic E-state index is -3.39. The van der Waals surface area contributed by atoms with Crippen LogP contribution in [0.5, 0.6) is 0 Å². The summed E-state index contributed by atoms with van der Waals surface area (Å²) < 4.78 is 24.8. The monoisotopic (exact) mass is 303 g/mol. The summed E-state index contributed by atoms with van der Waals surface area (Å²) in [5.41, 5.74) is 4.42. The summed E-state index contributed by atoms with van der Waals surface area (Å²) >= 11 is 0. The lowest BCUT2D eigenvalue weighted by atomic mass is 10.1. The molecule has 1 heterocycles. The molecule has 0 fully saturated rings. The number of aromatic nitrogens is 1. The third-order valence-electron chi connectivity index (χ3n) is 2.25. The summed E-state index contributed by atoms with van der Waals surface area (Å²) in [6.45, 7) is 3.38. The van der Waals surface area contributed by atoms with Crippen LogP contribution in [0.3, 0.4) is 0 Å². The van der Waals surface area contributed by atoms with E-state index in [-0.39, 0.29) is 23.9 Å². The molecule has 0 spiro atoms. The van der Waals surface area contributed by atoms with Gasteiger partial charge in [0.15, 0.2) is 0 Å². The number of hydrogen-bond acceptors (Lipinski definition) is 7. The number of nitrogens with one attached hydrogen (secondary N) is 2. The van der Waals surface area contributed by atoms with Gasteiger partial charge in [0.2, 0.25) is 15.8 Å². The first-order chi connectivity index (χ1) is 9.00. The Kier molecular flexibility index (Phi) is 4.50. The number of nitrogen functional groups attached to an aromatic ring is 1. The lowest BCUT2D eigenvalue weighted by Crippen LogP contribution is -2.47. The van der Waals surface area contributed by atoms with Crippen molar-refractivity contribution in [2.24, 2.45) is 0 Å². The summed E-state index contributed by atoms with van der Waals surface area (Å²) in [7, 11) is -3.39. The minimum Gasteiger partial charge on any atom is -0.384 e. The number of anilines is 2. The first kappa shape index (κ1) is 16.1.